The minimum Gasteiger partial charge on any atom is -0.300 e. The summed E-state index contributed by atoms with van der Waals surface area (Å²) in [4.78, 5) is 11.8. The van der Waals surface area contributed by atoms with Gasteiger partial charge in [0.25, 0.3) is 0 Å². The van der Waals surface area contributed by atoms with Crippen LogP contribution in [0.1, 0.15) is 29.5 Å². The summed E-state index contributed by atoms with van der Waals surface area (Å²) in [5, 5.41) is 4.18. The normalized spacial score (nSPS) is 10.5. The van der Waals surface area contributed by atoms with Crippen molar-refractivity contribution in [1.29, 1.82) is 0 Å². The van der Waals surface area contributed by atoms with Gasteiger partial charge in [0.05, 0.1) is 0 Å². The Bertz CT molecular complexity index is 500. The van der Waals surface area contributed by atoms with Crippen LogP contribution in [-0.2, 0) is 17.6 Å². The van der Waals surface area contributed by atoms with Gasteiger partial charge in [-0.2, -0.15) is 11.3 Å². The van der Waals surface area contributed by atoms with Crippen LogP contribution in [-0.4, -0.2) is 5.78 Å². The zero-order valence-electron chi connectivity index (χ0n) is 10.7. The van der Waals surface area contributed by atoms with Crippen molar-refractivity contribution in [3.05, 3.63) is 57.8 Å². The van der Waals surface area contributed by atoms with E-state index in [2.05, 4.69) is 35.9 Å². The molecule has 0 unspecified atom stereocenters. The monoisotopic (exact) mass is 258 g/mol. The molecular weight excluding hydrogens is 240 g/mol. The summed E-state index contributed by atoms with van der Waals surface area (Å²) in [6.45, 7) is 2.10. The van der Waals surface area contributed by atoms with E-state index in [-0.39, 0.29) is 0 Å². The van der Waals surface area contributed by atoms with Gasteiger partial charge in [0.2, 0.25) is 0 Å². The summed E-state index contributed by atoms with van der Waals surface area (Å²) in [5.41, 5.74) is 3.86. The molecule has 0 aliphatic rings. The lowest BCUT2D eigenvalue weighted by Crippen LogP contribution is -2.02. The van der Waals surface area contributed by atoms with Crippen LogP contribution < -0.4 is 0 Å². The fourth-order valence-corrected chi connectivity index (χ4v) is 2.71. The highest BCUT2D eigenvalue weighted by Crippen LogP contribution is 2.12. The maximum atomic E-state index is 11.8. The Balaban J connectivity index is 1.77. The average molecular weight is 258 g/mol. The maximum Gasteiger partial charge on any atom is 0.133 e. The molecule has 0 aliphatic heterocycles. The zero-order valence-corrected chi connectivity index (χ0v) is 11.5. The molecule has 18 heavy (non-hydrogen) atoms. The van der Waals surface area contributed by atoms with E-state index in [9.17, 15) is 4.79 Å². The molecule has 1 heterocycles. The molecule has 2 rings (SSSR count). The largest absolute Gasteiger partial charge is 0.300 e. The van der Waals surface area contributed by atoms with E-state index in [0.29, 0.717) is 18.6 Å². The molecule has 0 bridgehead atoms. The van der Waals surface area contributed by atoms with E-state index < -0.39 is 0 Å². The molecule has 0 amide bonds. The number of Topliss-reactive ketones (excluding diaryl/α,β-unsaturated/α-hetero) is 1. The third-order valence-electron chi connectivity index (χ3n) is 3.21. The van der Waals surface area contributed by atoms with Gasteiger partial charge in [0.15, 0.2) is 0 Å². The Morgan fingerprint density at radius 2 is 1.89 bits per heavy atom. The standard InChI is InChI=1S/C16H18OS/c1-13-4-2-3-5-15(13)7-9-16(17)8-6-14-10-11-18-12-14/h2-5,10-12H,6-9H2,1H3. The number of benzene rings is 1. The lowest BCUT2D eigenvalue weighted by Gasteiger charge is -2.04. The minimum absolute atomic E-state index is 0.365. The Hall–Kier alpha value is -1.41. The lowest BCUT2D eigenvalue weighted by molar-refractivity contribution is -0.119. The number of ketones is 1. The molecule has 0 atom stereocenters. The van der Waals surface area contributed by atoms with E-state index in [0.717, 1.165) is 12.8 Å². The highest BCUT2D eigenvalue weighted by atomic mass is 32.1. The number of carbonyl (C=O) groups excluding carboxylic acids is 1. The first kappa shape index (κ1) is 13.0. The second kappa shape index (κ2) is 6.50. The number of hydrogen-bond donors (Lipinski definition) is 0. The highest BCUT2D eigenvalue weighted by Gasteiger charge is 2.05. The molecule has 0 fully saturated rings. The smallest absolute Gasteiger partial charge is 0.133 e. The minimum atomic E-state index is 0.365. The Kier molecular flexibility index (Phi) is 4.71. The molecule has 1 nitrogen and oxygen atoms in total. The van der Waals surface area contributed by atoms with E-state index in [1.54, 1.807) is 11.3 Å². The van der Waals surface area contributed by atoms with Gasteiger partial charge in [-0.3, -0.25) is 4.79 Å². The summed E-state index contributed by atoms with van der Waals surface area (Å²) in [6, 6.07) is 10.4. The van der Waals surface area contributed by atoms with E-state index >= 15 is 0 Å². The van der Waals surface area contributed by atoms with Gasteiger partial charge >= 0.3 is 0 Å². The molecular formula is C16H18OS. The molecule has 0 saturated heterocycles. The van der Waals surface area contributed by atoms with Gasteiger partial charge in [0, 0.05) is 12.8 Å². The van der Waals surface area contributed by atoms with Gasteiger partial charge in [0.1, 0.15) is 5.78 Å². The van der Waals surface area contributed by atoms with Crippen molar-refractivity contribution in [2.75, 3.05) is 0 Å². The Morgan fingerprint density at radius 1 is 1.11 bits per heavy atom. The maximum absolute atomic E-state index is 11.8. The van der Waals surface area contributed by atoms with Gasteiger partial charge in [-0.05, 0) is 53.3 Å². The van der Waals surface area contributed by atoms with Crippen LogP contribution in [0.4, 0.5) is 0 Å². The van der Waals surface area contributed by atoms with Crippen LogP contribution >= 0.6 is 11.3 Å². The number of thiophene rings is 1. The van der Waals surface area contributed by atoms with Crippen molar-refractivity contribution in [2.45, 2.75) is 32.6 Å². The van der Waals surface area contributed by atoms with Crippen LogP contribution in [0, 0.1) is 6.92 Å². The second-order valence-electron chi connectivity index (χ2n) is 4.60. The van der Waals surface area contributed by atoms with E-state index in [4.69, 9.17) is 0 Å². The van der Waals surface area contributed by atoms with Crippen molar-refractivity contribution in [3.8, 4) is 0 Å². The quantitative estimate of drug-likeness (QED) is 0.759. The number of hydrogen-bond acceptors (Lipinski definition) is 2. The predicted octanol–water partition coefficient (Wildman–Crippen LogP) is 4.19. The van der Waals surface area contributed by atoms with E-state index in [1.807, 2.05) is 12.1 Å². The third kappa shape index (κ3) is 3.81. The van der Waals surface area contributed by atoms with Crippen LogP contribution in [0.25, 0.3) is 0 Å². The third-order valence-corrected chi connectivity index (χ3v) is 3.94. The molecule has 1 aromatic heterocycles. The molecule has 1 aromatic carbocycles. The summed E-state index contributed by atoms with van der Waals surface area (Å²) >= 11 is 1.69. The number of aryl methyl sites for hydroxylation is 3. The highest BCUT2D eigenvalue weighted by molar-refractivity contribution is 7.07. The molecule has 0 saturated carbocycles. The van der Waals surface area contributed by atoms with Gasteiger partial charge in [-0.15, -0.1) is 0 Å². The second-order valence-corrected chi connectivity index (χ2v) is 5.38. The molecule has 0 N–H and O–H groups in total. The van der Waals surface area contributed by atoms with Crippen molar-refractivity contribution in [3.63, 3.8) is 0 Å². The van der Waals surface area contributed by atoms with Crippen LogP contribution in [0.15, 0.2) is 41.1 Å². The van der Waals surface area contributed by atoms with Gasteiger partial charge in [-0.25, -0.2) is 0 Å². The SMILES string of the molecule is Cc1ccccc1CCC(=O)CCc1ccsc1. The molecule has 0 spiro atoms. The fraction of sp³-hybridized carbons (Fsp3) is 0.312. The van der Waals surface area contributed by atoms with Crippen molar-refractivity contribution >= 4 is 17.1 Å². The summed E-state index contributed by atoms with van der Waals surface area (Å²) < 4.78 is 0. The molecule has 2 heteroatoms. The Morgan fingerprint density at radius 3 is 2.61 bits per heavy atom. The fourth-order valence-electron chi connectivity index (χ4n) is 2.01. The Labute approximate surface area is 112 Å². The number of carbonyl (C=O) groups is 1. The van der Waals surface area contributed by atoms with Gasteiger partial charge < -0.3 is 0 Å². The molecule has 0 aliphatic carbocycles. The first-order valence-electron chi connectivity index (χ1n) is 6.33. The molecule has 0 radical (unpaired) electrons. The zero-order chi connectivity index (χ0) is 12.8. The van der Waals surface area contributed by atoms with Crippen molar-refractivity contribution < 1.29 is 4.79 Å². The molecule has 2 aromatic rings. The first-order chi connectivity index (χ1) is 8.75. The molecule has 94 valence electrons. The van der Waals surface area contributed by atoms with Gasteiger partial charge in [-0.1, -0.05) is 24.3 Å². The van der Waals surface area contributed by atoms with Crippen molar-refractivity contribution in [2.24, 2.45) is 0 Å². The summed E-state index contributed by atoms with van der Waals surface area (Å²) in [5.74, 6) is 0.365. The van der Waals surface area contributed by atoms with E-state index in [1.165, 1.54) is 16.7 Å². The number of rotatable bonds is 6. The van der Waals surface area contributed by atoms with Crippen LogP contribution in [0.5, 0.6) is 0 Å². The predicted molar refractivity (Wildman–Crippen MR) is 77.1 cm³/mol. The summed E-state index contributed by atoms with van der Waals surface area (Å²) in [7, 11) is 0. The van der Waals surface area contributed by atoms with Crippen LogP contribution in [0.2, 0.25) is 0 Å². The first-order valence-corrected chi connectivity index (χ1v) is 7.27. The van der Waals surface area contributed by atoms with Crippen LogP contribution in [0.3, 0.4) is 0 Å². The lowest BCUT2D eigenvalue weighted by atomic mass is 10.0. The topological polar surface area (TPSA) is 17.1 Å². The average Bonchev–Trinajstić information content (AvgIpc) is 2.88. The van der Waals surface area contributed by atoms with Crippen molar-refractivity contribution in [1.82, 2.24) is 0 Å². The summed E-state index contributed by atoms with van der Waals surface area (Å²) in [6.07, 6.45) is 3.09.